The fourth-order valence-electron chi connectivity index (χ4n) is 4.07. The number of piperazine rings is 1. The number of aryl methyl sites for hydroxylation is 2. The topological polar surface area (TPSA) is 93.7 Å². The monoisotopic (exact) mass is 439 g/mol. The zero-order chi connectivity index (χ0) is 23.0. The van der Waals surface area contributed by atoms with Crippen LogP contribution >= 0.6 is 0 Å². The van der Waals surface area contributed by atoms with Gasteiger partial charge in [0.1, 0.15) is 11.5 Å². The number of aromatic nitrogens is 3. The molecule has 1 fully saturated rings. The first-order chi connectivity index (χ1) is 15.3. The molecule has 0 aromatic carbocycles. The molecule has 9 nitrogen and oxygen atoms in total. The first kappa shape index (κ1) is 21.9. The van der Waals surface area contributed by atoms with Crippen LogP contribution in [0.5, 0.6) is 0 Å². The molecular weight excluding hydrogens is 410 g/mol. The highest BCUT2D eigenvalue weighted by Crippen LogP contribution is 2.30. The Labute approximate surface area is 186 Å². The van der Waals surface area contributed by atoms with Crippen molar-refractivity contribution in [1.29, 1.82) is 0 Å². The van der Waals surface area contributed by atoms with Crippen molar-refractivity contribution in [3.63, 3.8) is 0 Å². The molecule has 0 unspecified atom stereocenters. The van der Waals surface area contributed by atoms with Gasteiger partial charge in [-0.05, 0) is 46.8 Å². The second-order valence-corrected chi connectivity index (χ2v) is 8.28. The zero-order valence-corrected chi connectivity index (χ0v) is 19.2. The molecule has 0 saturated carbocycles. The molecule has 4 heterocycles. The van der Waals surface area contributed by atoms with Crippen molar-refractivity contribution in [3.05, 3.63) is 35.4 Å². The van der Waals surface area contributed by atoms with E-state index in [1.807, 2.05) is 44.5 Å². The Bertz CT molecular complexity index is 1150. The molecule has 4 rings (SSSR count). The van der Waals surface area contributed by atoms with E-state index in [-0.39, 0.29) is 18.0 Å². The van der Waals surface area contributed by atoms with E-state index in [2.05, 4.69) is 5.10 Å². The Morgan fingerprint density at radius 2 is 1.81 bits per heavy atom. The van der Waals surface area contributed by atoms with Crippen LogP contribution in [0, 0.1) is 13.8 Å². The number of carbonyl (C=O) groups is 2. The van der Waals surface area contributed by atoms with Gasteiger partial charge in [0.25, 0.3) is 5.91 Å². The first-order valence-electron chi connectivity index (χ1n) is 11.0. The number of carbonyl (C=O) groups excluding carboxylic acids is 2. The van der Waals surface area contributed by atoms with Crippen LogP contribution in [0.4, 0.5) is 4.79 Å². The number of fused-ring (bicyclic) bond motifs is 1. The number of furan rings is 1. The van der Waals surface area contributed by atoms with Gasteiger partial charge in [0.2, 0.25) is 0 Å². The van der Waals surface area contributed by atoms with Crippen molar-refractivity contribution in [2.75, 3.05) is 32.8 Å². The van der Waals surface area contributed by atoms with Gasteiger partial charge < -0.3 is 19.0 Å². The van der Waals surface area contributed by atoms with Crippen molar-refractivity contribution in [2.45, 2.75) is 40.7 Å². The summed E-state index contributed by atoms with van der Waals surface area (Å²) < 4.78 is 12.6. The third-order valence-electron chi connectivity index (χ3n) is 5.70. The SMILES string of the molecule is CCOC(=O)N1CCN(C(=O)c2cc(-c3cc(C)oc3C)nc3c2cnn3C(C)C)CC1. The van der Waals surface area contributed by atoms with Crippen molar-refractivity contribution in [1.82, 2.24) is 24.6 Å². The molecule has 0 radical (unpaired) electrons. The lowest BCUT2D eigenvalue weighted by atomic mass is 10.1. The van der Waals surface area contributed by atoms with Gasteiger partial charge in [-0.1, -0.05) is 0 Å². The maximum atomic E-state index is 13.6. The van der Waals surface area contributed by atoms with E-state index in [1.54, 1.807) is 22.9 Å². The minimum Gasteiger partial charge on any atom is -0.466 e. The van der Waals surface area contributed by atoms with Crippen LogP contribution in [0.25, 0.3) is 22.3 Å². The Morgan fingerprint density at radius 1 is 1.12 bits per heavy atom. The second-order valence-electron chi connectivity index (χ2n) is 8.28. The van der Waals surface area contributed by atoms with Gasteiger partial charge in [0, 0.05) is 37.8 Å². The predicted molar refractivity (Wildman–Crippen MR) is 120 cm³/mol. The molecule has 32 heavy (non-hydrogen) atoms. The summed E-state index contributed by atoms with van der Waals surface area (Å²) in [7, 11) is 0. The minimum absolute atomic E-state index is 0.0941. The first-order valence-corrected chi connectivity index (χ1v) is 11.0. The van der Waals surface area contributed by atoms with E-state index in [4.69, 9.17) is 14.1 Å². The smallest absolute Gasteiger partial charge is 0.409 e. The molecule has 3 aromatic heterocycles. The van der Waals surface area contributed by atoms with E-state index < -0.39 is 0 Å². The molecule has 0 aliphatic carbocycles. The Morgan fingerprint density at radius 3 is 2.41 bits per heavy atom. The van der Waals surface area contributed by atoms with Gasteiger partial charge in [-0.15, -0.1) is 0 Å². The maximum absolute atomic E-state index is 13.6. The summed E-state index contributed by atoms with van der Waals surface area (Å²) in [5.41, 5.74) is 2.77. The van der Waals surface area contributed by atoms with Gasteiger partial charge in [-0.2, -0.15) is 5.10 Å². The maximum Gasteiger partial charge on any atom is 0.409 e. The van der Waals surface area contributed by atoms with Gasteiger partial charge in [-0.25, -0.2) is 14.5 Å². The third kappa shape index (κ3) is 3.94. The molecule has 3 aromatic rings. The van der Waals surface area contributed by atoms with Crippen LogP contribution in [0.1, 0.15) is 48.7 Å². The summed E-state index contributed by atoms with van der Waals surface area (Å²) in [6.45, 7) is 11.7. The number of amides is 2. The number of hydrogen-bond donors (Lipinski definition) is 0. The number of pyridine rings is 1. The number of hydrogen-bond acceptors (Lipinski definition) is 6. The summed E-state index contributed by atoms with van der Waals surface area (Å²) in [4.78, 5) is 33.8. The van der Waals surface area contributed by atoms with Crippen molar-refractivity contribution >= 4 is 23.0 Å². The van der Waals surface area contributed by atoms with Crippen molar-refractivity contribution in [3.8, 4) is 11.3 Å². The highest BCUT2D eigenvalue weighted by atomic mass is 16.6. The molecule has 1 aliphatic rings. The molecule has 1 saturated heterocycles. The lowest BCUT2D eigenvalue weighted by molar-refractivity contribution is 0.0572. The minimum atomic E-state index is -0.336. The zero-order valence-electron chi connectivity index (χ0n) is 19.2. The molecule has 2 amide bonds. The van der Waals surface area contributed by atoms with Gasteiger partial charge in [0.05, 0.1) is 29.4 Å². The van der Waals surface area contributed by atoms with Crippen LogP contribution in [-0.4, -0.2) is 69.4 Å². The molecule has 0 N–H and O–H groups in total. The predicted octanol–water partition coefficient (Wildman–Crippen LogP) is 3.80. The normalized spacial score (nSPS) is 14.4. The fourth-order valence-corrected chi connectivity index (χ4v) is 4.07. The summed E-state index contributed by atoms with van der Waals surface area (Å²) in [5.74, 6) is 1.45. The van der Waals surface area contributed by atoms with Crippen LogP contribution in [-0.2, 0) is 4.74 Å². The molecular formula is C23H29N5O4. The number of nitrogens with zero attached hydrogens (tertiary/aromatic N) is 5. The Balaban J connectivity index is 1.71. The highest BCUT2D eigenvalue weighted by molar-refractivity contribution is 6.06. The quantitative estimate of drug-likeness (QED) is 0.614. The van der Waals surface area contributed by atoms with Crippen LogP contribution in [0.3, 0.4) is 0 Å². The lowest BCUT2D eigenvalue weighted by Gasteiger charge is -2.34. The van der Waals surface area contributed by atoms with Gasteiger partial charge >= 0.3 is 6.09 Å². The average Bonchev–Trinajstić information content (AvgIpc) is 3.35. The Hall–Kier alpha value is -3.36. The van der Waals surface area contributed by atoms with Crippen molar-refractivity contribution < 1.29 is 18.7 Å². The second kappa shape index (κ2) is 8.64. The third-order valence-corrected chi connectivity index (χ3v) is 5.70. The Kier molecular flexibility index (Phi) is 5.90. The molecule has 0 spiro atoms. The molecule has 0 bridgehead atoms. The average molecular weight is 440 g/mol. The van der Waals surface area contributed by atoms with E-state index in [0.717, 1.165) is 22.5 Å². The fraction of sp³-hybridized carbons (Fsp3) is 0.478. The van der Waals surface area contributed by atoms with Crippen LogP contribution in [0.15, 0.2) is 22.7 Å². The summed E-state index contributed by atoms with van der Waals surface area (Å²) in [5, 5.41) is 5.21. The van der Waals surface area contributed by atoms with E-state index in [0.29, 0.717) is 49.7 Å². The van der Waals surface area contributed by atoms with Crippen LogP contribution < -0.4 is 0 Å². The molecule has 9 heteroatoms. The van der Waals surface area contributed by atoms with Gasteiger partial charge in [-0.3, -0.25) is 4.79 Å². The summed E-state index contributed by atoms with van der Waals surface area (Å²) >= 11 is 0. The number of rotatable bonds is 4. The van der Waals surface area contributed by atoms with E-state index in [1.165, 1.54) is 0 Å². The molecule has 0 atom stereocenters. The lowest BCUT2D eigenvalue weighted by Crippen LogP contribution is -2.50. The summed E-state index contributed by atoms with van der Waals surface area (Å²) in [6.07, 6.45) is 1.37. The number of ether oxygens (including phenoxy) is 1. The largest absolute Gasteiger partial charge is 0.466 e. The summed E-state index contributed by atoms with van der Waals surface area (Å²) in [6, 6.07) is 3.86. The van der Waals surface area contributed by atoms with Crippen molar-refractivity contribution in [2.24, 2.45) is 0 Å². The van der Waals surface area contributed by atoms with E-state index >= 15 is 0 Å². The highest BCUT2D eigenvalue weighted by Gasteiger charge is 2.28. The van der Waals surface area contributed by atoms with Crippen LogP contribution in [0.2, 0.25) is 0 Å². The van der Waals surface area contributed by atoms with E-state index in [9.17, 15) is 9.59 Å². The molecule has 170 valence electrons. The molecule has 1 aliphatic heterocycles. The standard InChI is InChI=1S/C23H29N5O4/c1-6-31-23(30)27-9-7-26(8-10-27)22(29)18-12-20(17-11-15(4)32-16(17)5)25-21-19(18)13-24-28(21)14(2)3/h11-14H,6-10H2,1-5H3. The van der Waals surface area contributed by atoms with Gasteiger partial charge in [0.15, 0.2) is 5.65 Å².